The van der Waals surface area contributed by atoms with E-state index in [1.165, 1.54) is 0 Å². The smallest absolute Gasteiger partial charge is 0.327 e. The first-order valence-corrected chi connectivity index (χ1v) is 6.08. The Balaban J connectivity index is 2.43. The first-order valence-electron chi connectivity index (χ1n) is 6.08. The molecule has 0 fully saturated rings. The van der Waals surface area contributed by atoms with Gasteiger partial charge in [0.25, 0.3) is 0 Å². The van der Waals surface area contributed by atoms with Gasteiger partial charge in [0.2, 0.25) is 0 Å². The fraction of sp³-hybridized carbons (Fsp3) is 0.286. The highest BCUT2D eigenvalue weighted by molar-refractivity contribution is 5.82. The summed E-state index contributed by atoms with van der Waals surface area (Å²) in [5.74, 6) is -0.497. The Morgan fingerprint density at radius 3 is 2.43 bits per heavy atom. The molecule has 1 aromatic rings. The zero-order valence-corrected chi connectivity index (χ0v) is 11.0. The minimum Gasteiger partial charge on any atom is -0.480 e. The van der Waals surface area contributed by atoms with Crippen LogP contribution in [0, 0.1) is 24.0 Å². The van der Waals surface area contributed by atoms with Crippen molar-refractivity contribution in [1.29, 1.82) is 0 Å². The maximum atomic E-state index is 12.9. The molecular formula is C14H14F2N2O3. The molecule has 5 nitrogen and oxygen atoms in total. The molecule has 0 radical (unpaired) electrons. The number of amides is 2. The van der Waals surface area contributed by atoms with Crippen LogP contribution in [-0.4, -0.2) is 29.7 Å². The second-order valence-electron chi connectivity index (χ2n) is 4.23. The summed E-state index contributed by atoms with van der Waals surface area (Å²) in [6.07, 6.45) is 5.05. The lowest BCUT2D eigenvalue weighted by Gasteiger charge is -2.12. The predicted molar refractivity (Wildman–Crippen MR) is 71.5 cm³/mol. The maximum Gasteiger partial charge on any atom is 0.327 e. The number of nitrogens with one attached hydrogen (secondary N) is 2. The lowest BCUT2D eigenvalue weighted by molar-refractivity contribution is -0.139. The molecule has 0 aliphatic carbocycles. The molecule has 21 heavy (non-hydrogen) atoms. The van der Waals surface area contributed by atoms with Gasteiger partial charge in [0.15, 0.2) is 0 Å². The van der Waals surface area contributed by atoms with Crippen molar-refractivity contribution in [3.8, 4) is 12.3 Å². The predicted octanol–water partition coefficient (Wildman–Crippen LogP) is 1.28. The number of rotatable bonds is 6. The largest absolute Gasteiger partial charge is 0.480 e. The molecule has 0 aliphatic heterocycles. The Bertz CT molecular complexity index is 550. The molecule has 1 atom stereocenters. The van der Waals surface area contributed by atoms with E-state index in [0.29, 0.717) is 5.56 Å². The molecule has 1 unspecified atom stereocenters. The normalized spacial score (nSPS) is 11.3. The standard InChI is InChI=1S/C14H14F2N2O3/c1-2-3-12(13(19)20)18-14(21)17-5-4-9-6-10(15)8-11(16)7-9/h1,6-8,12H,3-5H2,(H,19,20)(H2,17,18,21). The molecule has 7 heteroatoms. The molecule has 0 heterocycles. The molecule has 112 valence electrons. The second-order valence-corrected chi connectivity index (χ2v) is 4.23. The second kappa shape index (κ2) is 7.85. The summed E-state index contributed by atoms with van der Waals surface area (Å²) in [7, 11) is 0. The highest BCUT2D eigenvalue weighted by Crippen LogP contribution is 2.08. The van der Waals surface area contributed by atoms with E-state index in [4.69, 9.17) is 11.5 Å². The van der Waals surface area contributed by atoms with Crippen LogP contribution >= 0.6 is 0 Å². The number of urea groups is 1. The molecule has 0 bridgehead atoms. The van der Waals surface area contributed by atoms with Crippen molar-refractivity contribution in [2.24, 2.45) is 0 Å². The van der Waals surface area contributed by atoms with Gasteiger partial charge in [0.05, 0.1) is 0 Å². The number of carbonyl (C=O) groups excluding carboxylic acids is 1. The van der Waals surface area contributed by atoms with E-state index >= 15 is 0 Å². The molecular weight excluding hydrogens is 282 g/mol. The number of aliphatic carboxylic acids is 1. The lowest BCUT2D eigenvalue weighted by Crippen LogP contribution is -2.46. The number of halogens is 2. The fourth-order valence-electron chi connectivity index (χ4n) is 1.60. The monoisotopic (exact) mass is 296 g/mol. The van der Waals surface area contributed by atoms with Crippen LogP contribution in [0.5, 0.6) is 0 Å². The molecule has 0 saturated heterocycles. The maximum absolute atomic E-state index is 12.9. The summed E-state index contributed by atoms with van der Waals surface area (Å²) in [4.78, 5) is 22.2. The number of terminal acetylenes is 1. The van der Waals surface area contributed by atoms with Crippen LogP contribution in [0.1, 0.15) is 12.0 Å². The minimum absolute atomic E-state index is 0.0944. The first kappa shape index (κ1) is 16.4. The molecule has 2 amide bonds. The topological polar surface area (TPSA) is 78.4 Å². The van der Waals surface area contributed by atoms with Gasteiger partial charge < -0.3 is 15.7 Å². The zero-order valence-electron chi connectivity index (χ0n) is 11.0. The zero-order chi connectivity index (χ0) is 15.8. The van der Waals surface area contributed by atoms with Crippen molar-refractivity contribution in [3.05, 3.63) is 35.4 Å². The van der Waals surface area contributed by atoms with Crippen molar-refractivity contribution in [1.82, 2.24) is 10.6 Å². The molecule has 0 saturated carbocycles. The summed E-state index contributed by atoms with van der Waals surface area (Å²) in [5.41, 5.74) is 0.381. The van der Waals surface area contributed by atoms with Crippen LogP contribution < -0.4 is 10.6 Å². The van der Waals surface area contributed by atoms with E-state index in [9.17, 15) is 18.4 Å². The molecule has 0 spiro atoms. The first-order chi connectivity index (χ1) is 9.92. The van der Waals surface area contributed by atoms with Gasteiger partial charge in [0, 0.05) is 19.0 Å². The van der Waals surface area contributed by atoms with Gasteiger partial charge in [-0.2, -0.15) is 0 Å². The van der Waals surface area contributed by atoms with Crippen molar-refractivity contribution in [2.75, 3.05) is 6.54 Å². The number of carboxylic acid groups (broad SMARTS) is 1. The lowest BCUT2D eigenvalue weighted by atomic mass is 10.1. The van der Waals surface area contributed by atoms with Gasteiger partial charge in [-0.3, -0.25) is 0 Å². The average Bonchev–Trinajstić information content (AvgIpc) is 2.36. The molecule has 3 N–H and O–H groups in total. The third kappa shape index (κ3) is 5.91. The van der Waals surface area contributed by atoms with Gasteiger partial charge in [-0.05, 0) is 24.1 Å². The van der Waals surface area contributed by atoms with Gasteiger partial charge in [-0.15, -0.1) is 12.3 Å². The molecule has 0 aliphatic rings. The number of hydrogen-bond acceptors (Lipinski definition) is 2. The Hall–Kier alpha value is -2.62. The van der Waals surface area contributed by atoms with Crippen LogP contribution in [0.3, 0.4) is 0 Å². The fourth-order valence-corrected chi connectivity index (χ4v) is 1.60. The van der Waals surface area contributed by atoms with E-state index < -0.39 is 29.7 Å². The van der Waals surface area contributed by atoms with E-state index in [-0.39, 0.29) is 19.4 Å². The SMILES string of the molecule is C#CCC(NC(=O)NCCc1cc(F)cc(F)c1)C(=O)O. The molecule has 1 rings (SSSR count). The van der Waals surface area contributed by atoms with Crippen LogP contribution in [0.15, 0.2) is 18.2 Å². The van der Waals surface area contributed by atoms with Crippen LogP contribution in [0.2, 0.25) is 0 Å². The van der Waals surface area contributed by atoms with E-state index in [0.717, 1.165) is 18.2 Å². The van der Waals surface area contributed by atoms with Crippen LogP contribution in [-0.2, 0) is 11.2 Å². The number of hydrogen-bond donors (Lipinski definition) is 3. The molecule has 0 aromatic heterocycles. The number of carbonyl (C=O) groups is 2. The highest BCUT2D eigenvalue weighted by Gasteiger charge is 2.18. The summed E-state index contributed by atoms with van der Waals surface area (Å²) in [6.45, 7) is 0.0944. The minimum atomic E-state index is -1.24. The van der Waals surface area contributed by atoms with E-state index in [1.807, 2.05) is 0 Å². The van der Waals surface area contributed by atoms with Crippen LogP contribution in [0.4, 0.5) is 13.6 Å². The quantitative estimate of drug-likeness (QED) is 0.692. The Morgan fingerprint density at radius 2 is 1.90 bits per heavy atom. The Morgan fingerprint density at radius 1 is 1.29 bits per heavy atom. The summed E-state index contributed by atoms with van der Waals surface area (Å²) >= 11 is 0. The van der Waals surface area contributed by atoms with Crippen molar-refractivity contribution in [3.63, 3.8) is 0 Å². The number of benzene rings is 1. The van der Waals surface area contributed by atoms with Crippen LogP contribution in [0.25, 0.3) is 0 Å². The number of carboxylic acids is 1. The van der Waals surface area contributed by atoms with E-state index in [1.54, 1.807) is 0 Å². The summed E-state index contributed by atoms with van der Waals surface area (Å²) in [5, 5.41) is 13.4. The summed E-state index contributed by atoms with van der Waals surface area (Å²) < 4.78 is 25.9. The van der Waals surface area contributed by atoms with Crippen molar-refractivity contribution < 1.29 is 23.5 Å². The van der Waals surface area contributed by atoms with E-state index in [2.05, 4.69) is 16.6 Å². The van der Waals surface area contributed by atoms with Crippen molar-refractivity contribution >= 4 is 12.0 Å². The van der Waals surface area contributed by atoms with Gasteiger partial charge >= 0.3 is 12.0 Å². The highest BCUT2D eigenvalue weighted by atomic mass is 19.1. The van der Waals surface area contributed by atoms with Gasteiger partial charge in [0.1, 0.15) is 17.7 Å². The van der Waals surface area contributed by atoms with Gasteiger partial charge in [-0.1, -0.05) is 0 Å². The molecule has 1 aromatic carbocycles. The third-order valence-electron chi connectivity index (χ3n) is 2.55. The average molecular weight is 296 g/mol. The van der Waals surface area contributed by atoms with Crippen molar-refractivity contribution in [2.45, 2.75) is 18.9 Å². The van der Waals surface area contributed by atoms with Gasteiger partial charge in [-0.25, -0.2) is 18.4 Å². The Kier molecular flexibility index (Phi) is 6.14. The Labute approximate surface area is 120 Å². The summed E-state index contributed by atoms with van der Waals surface area (Å²) in [6, 6.07) is 1.17. The third-order valence-corrected chi connectivity index (χ3v) is 2.55.